The minimum absolute atomic E-state index is 0.195. The van der Waals surface area contributed by atoms with Crippen LogP contribution in [0.2, 0.25) is 0 Å². The van der Waals surface area contributed by atoms with Crippen LogP contribution in [0.4, 0.5) is 4.39 Å². The highest BCUT2D eigenvalue weighted by Gasteiger charge is 2.19. The molecule has 1 aromatic carbocycles. The van der Waals surface area contributed by atoms with Gasteiger partial charge in [0.15, 0.2) is 0 Å². The first-order valence-corrected chi connectivity index (χ1v) is 7.25. The van der Waals surface area contributed by atoms with Crippen molar-refractivity contribution >= 4 is 23.7 Å². The Kier molecular flexibility index (Phi) is 6.05. The van der Waals surface area contributed by atoms with Crippen LogP contribution in [0.3, 0.4) is 0 Å². The van der Waals surface area contributed by atoms with E-state index in [0.29, 0.717) is 5.75 Å². The maximum absolute atomic E-state index is 12.7. The normalized spacial score (nSPS) is 14.3. The van der Waals surface area contributed by atoms with Crippen LogP contribution in [0.5, 0.6) is 0 Å². The Labute approximate surface area is 116 Å². The SMILES string of the molecule is CSC[C@](C)(O)CNC(=O)/C=C/c1ccc(F)cc1. The van der Waals surface area contributed by atoms with Gasteiger partial charge in [-0.1, -0.05) is 12.1 Å². The van der Waals surface area contributed by atoms with E-state index in [0.717, 1.165) is 5.56 Å². The second-order valence-corrected chi connectivity index (χ2v) is 5.40. The van der Waals surface area contributed by atoms with Gasteiger partial charge in [-0.3, -0.25) is 4.79 Å². The third kappa shape index (κ3) is 6.40. The second-order valence-electron chi connectivity index (χ2n) is 4.53. The van der Waals surface area contributed by atoms with E-state index in [1.54, 1.807) is 25.1 Å². The molecule has 0 saturated carbocycles. The van der Waals surface area contributed by atoms with E-state index in [2.05, 4.69) is 5.32 Å². The molecule has 0 unspecified atom stereocenters. The highest BCUT2D eigenvalue weighted by atomic mass is 32.2. The van der Waals surface area contributed by atoms with Gasteiger partial charge >= 0.3 is 0 Å². The predicted molar refractivity (Wildman–Crippen MR) is 77.4 cm³/mol. The topological polar surface area (TPSA) is 49.3 Å². The Bertz CT molecular complexity index is 443. The Morgan fingerprint density at radius 2 is 2.11 bits per heavy atom. The molecule has 1 rings (SSSR count). The Balaban J connectivity index is 2.45. The highest BCUT2D eigenvalue weighted by Crippen LogP contribution is 2.09. The molecule has 3 nitrogen and oxygen atoms in total. The Morgan fingerprint density at radius 1 is 1.47 bits per heavy atom. The first kappa shape index (κ1) is 15.7. The molecule has 0 aliphatic rings. The molecule has 1 aromatic rings. The van der Waals surface area contributed by atoms with Gasteiger partial charge in [0.05, 0.1) is 5.60 Å². The fraction of sp³-hybridized carbons (Fsp3) is 0.357. The van der Waals surface area contributed by atoms with Crippen molar-refractivity contribution in [2.75, 3.05) is 18.6 Å². The quantitative estimate of drug-likeness (QED) is 0.786. The van der Waals surface area contributed by atoms with Crippen molar-refractivity contribution in [1.82, 2.24) is 5.32 Å². The third-order valence-corrected chi connectivity index (χ3v) is 3.31. The van der Waals surface area contributed by atoms with Crippen molar-refractivity contribution in [3.8, 4) is 0 Å². The summed E-state index contributed by atoms with van der Waals surface area (Å²) in [6.45, 7) is 1.87. The molecule has 0 spiro atoms. The summed E-state index contributed by atoms with van der Waals surface area (Å²) in [5.41, 5.74) is -0.175. The summed E-state index contributed by atoms with van der Waals surface area (Å²) in [5, 5.41) is 12.5. The number of amides is 1. The van der Waals surface area contributed by atoms with Gasteiger partial charge in [-0.25, -0.2) is 4.39 Å². The van der Waals surface area contributed by atoms with E-state index in [4.69, 9.17) is 0 Å². The van der Waals surface area contributed by atoms with Crippen molar-refractivity contribution < 1.29 is 14.3 Å². The zero-order valence-corrected chi connectivity index (χ0v) is 11.8. The third-order valence-electron chi connectivity index (χ3n) is 2.40. The van der Waals surface area contributed by atoms with Crippen molar-refractivity contribution in [1.29, 1.82) is 0 Å². The van der Waals surface area contributed by atoms with Crippen LogP contribution in [0.15, 0.2) is 30.3 Å². The largest absolute Gasteiger partial charge is 0.387 e. The number of hydrogen-bond acceptors (Lipinski definition) is 3. The molecule has 0 heterocycles. The van der Waals surface area contributed by atoms with Gasteiger partial charge in [-0.15, -0.1) is 0 Å². The summed E-state index contributed by atoms with van der Waals surface area (Å²) in [6, 6.07) is 5.84. The number of aliphatic hydroxyl groups is 1. The zero-order chi connectivity index (χ0) is 14.3. The average molecular weight is 283 g/mol. The van der Waals surface area contributed by atoms with Gasteiger partial charge in [0.2, 0.25) is 5.91 Å². The van der Waals surface area contributed by atoms with Crippen LogP contribution in [0, 0.1) is 5.82 Å². The fourth-order valence-corrected chi connectivity index (χ4v) is 2.17. The van der Waals surface area contributed by atoms with Gasteiger partial charge in [0, 0.05) is 18.4 Å². The van der Waals surface area contributed by atoms with Gasteiger partial charge in [0.1, 0.15) is 5.82 Å². The molecule has 0 aromatic heterocycles. The number of nitrogens with one attached hydrogen (secondary N) is 1. The first-order valence-electron chi connectivity index (χ1n) is 5.86. The number of rotatable bonds is 6. The fourth-order valence-electron chi connectivity index (χ4n) is 1.44. The molecule has 0 aliphatic heterocycles. The summed E-state index contributed by atoms with van der Waals surface area (Å²) >= 11 is 1.52. The first-order chi connectivity index (χ1) is 8.93. The minimum atomic E-state index is -0.918. The summed E-state index contributed by atoms with van der Waals surface area (Å²) in [6.07, 6.45) is 4.85. The van der Waals surface area contributed by atoms with Crippen molar-refractivity contribution in [2.45, 2.75) is 12.5 Å². The lowest BCUT2D eigenvalue weighted by molar-refractivity contribution is -0.117. The maximum Gasteiger partial charge on any atom is 0.244 e. The maximum atomic E-state index is 12.7. The number of hydrogen-bond donors (Lipinski definition) is 2. The van der Waals surface area contributed by atoms with Crippen molar-refractivity contribution in [3.63, 3.8) is 0 Å². The Hall–Kier alpha value is -1.33. The minimum Gasteiger partial charge on any atom is -0.387 e. The monoisotopic (exact) mass is 283 g/mol. The molecule has 0 fully saturated rings. The van der Waals surface area contributed by atoms with Gasteiger partial charge in [0.25, 0.3) is 0 Å². The van der Waals surface area contributed by atoms with Crippen molar-refractivity contribution in [3.05, 3.63) is 41.7 Å². The summed E-state index contributed by atoms with van der Waals surface area (Å²) < 4.78 is 12.7. The standard InChI is InChI=1S/C14H18FNO2S/c1-14(18,10-19-2)9-16-13(17)8-5-11-3-6-12(15)7-4-11/h3-8,18H,9-10H2,1-2H3,(H,16,17)/b8-5+/t14-/m1/s1. The number of carbonyl (C=O) groups is 1. The van der Waals surface area contributed by atoms with Crippen LogP contribution in [-0.4, -0.2) is 35.2 Å². The van der Waals surface area contributed by atoms with Crippen LogP contribution < -0.4 is 5.32 Å². The van der Waals surface area contributed by atoms with E-state index in [1.807, 2.05) is 6.26 Å². The zero-order valence-electron chi connectivity index (χ0n) is 11.0. The molecule has 0 saturated heterocycles. The van der Waals surface area contributed by atoms with Gasteiger partial charge < -0.3 is 10.4 Å². The van der Waals surface area contributed by atoms with E-state index < -0.39 is 5.60 Å². The molecule has 104 valence electrons. The molecule has 0 bridgehead atoms. The lowest BCUT2D eigenvalue weighted by atomic mass is 10.1. The van der Waals surface area contributed by atoms with E-state index in [9.17, 15) is 14.3 Å². The van der Waals surface area contributed by atoms with Crippen LogP contribution in [-0.2, 0) is 4.79 Å². The van der Waals surface area contributed by atoms with Crippen LogP contribution in [0.1, 0.15) is 12.5 Å². The molecular formula is C14H18FNO2S. The molecule has 2 N–H and O–H groups in total. The van der Waals surface area contributed by atoms with Gasteiger partial charge in [-0.2, -0.15) is 11.8 Å². The van der Waals surface area contributed by atoms with Crippen molar-refractivity contribution in [2.24, 2.45) is 0 Å². The van der Waals surface area contributed by atoms with Crippen LogP contribution >= 0.6 is 11.8 Å². The summed E-state index contributed by atoms with van der Waals surface area (Å²) in [4.78, 5) is 11.5. The summed E-state index contributed by atoms with van der Waals surface area (Å²) in [5.74, 6) is -0.0463. The number of benzene rings is 1. The molecule has 19 heavy (non-hydrogen) atoms. The molecule has 0 aliphatic carbocycles. The summed E-state index contributed by atoms with van der Waals surface area (Å²) in [7, 11) is 0. The van der Waals surface area contributed by atoms with E-state index in [1.165, 1.54) is 30.0 Å². The highest BCUT2D eigenvalue weighted by molar-refractivity contribution is 7.98. The molecule has 1 atom stereocenters. The van der Waals surface area contributed by atoms with Gasteiger partial charge in [-0.05, 0) is 37.0 Å². The van der Waals surface area contributed by atoms with Crippen LogP contribution in [0.25, 0.3) is 6.08 Å². The lowest BCUT2D eigenvalue weighted by Crippen LogP contribution is -2.41. The number of thioether (sulfide) groups is 1. The van der Waals surface area contributed by atoms with E-state index >= 15 is 0 Å². The average Bonchev–Trinajstić information content (AvgIpc) is 2.36. The predicted octanol–water partition coefficient (Wildman–Crippen LogP) is 2.07. The smallest absolute Gasteiger partial charge is 0.244 e. The second kappa shape index (κ2) is 7.31. The Morgan fingerprint density at radius 3 is 2.68 bits per heavy atom. The number of carbonyl (C=O) groups excluding carboxylic acids is 1. The molecule has 5 heteroatoms. The molecule has 1 amide bonds. The van der Waals surface area contributed by atoms with E-state index in [-0.39, 0.29) is 18.3 Å². The number of halogens is 1. The molecular weight excluding hydrogens is 265 g/mol. The molecule has 0 radical (unpaired) electrons. The lowest BCUT2D eigenvalue weighted by Gasteiger charge is -2.21.